The zero-order valence-corrected chi connectivity index (χ0v) is 19.9. The van der Waals surface area contributed by atoms with E-state index in [9.17, 15) is 14.9 Å². The molecule has 9 heteroatoms. The fraction of sp³-hybridized carbons (Fsp3) is 0.250. The first kappa shape index (κ1) is 21.7. The third kappa shape index (κ3) is 3.92. The Morgan fingerprint density at radius 2 is 2.03 bits per heavy atom. The summed E-state index contributed by atoms with van der Waals surface area (Å²) in [6.07, 6.45) is 0.899. The third-order valence-corrected chi connectivity index (χ3v) is 8.25. The van der Waals surface area contributed by atoms with Crippen molar-refractivity contribution in [2.24, 2.45) is 0 Å². The monoisotopic (exact) mass is 478 g/mol. The Morgan fingerprint density at radius 3 is 2.79 bits per heavy atom. The number of carbonyl (C=O) groups is 1. The van der Waals surface area contributed by atoms with Crippen molar-refractivity contribution < 1.29 is 9.72 Å². The van der Waals surface area contributed by atoms with Crippen molar-refractivity contribution in [3.63, 3.8) is 0 Å². The molecule has 1 amide bonds. The highest BCUT2D eigenvalue weighted by Gasteiger charge is 2.28. The minimum absolute atomic E-state index is 0.0573. The molecule has 0 unspecified atom stereocenters. The molecular formula is C24H22N4O3S2. The molecule has 2 aromatic heterocycles. The molecule has 4 aromatic rings. The van der Waals surface area contributed by atoms with E-state index in [0.29, 0.717) is 11.1 Å². The second kappa shape index (κ2) is 8.66. The van der Waals surface area contributed by atoms with Crippen LogP contribution in [0.5, 0.6) is 0 Å². The Bertz CT molecular complexity index is 1360. The molecule has 0 saturated heterocycles. The van der Waals surface area contributed by atoms with Gasteiger partial charge in [0.1, 0.15) is 10.0 Å². The van der Waals surface area contributed by atoms with Crippen molar-refractivity contribution in [3.05, 3.63) is 74.1 Å². The molecule has 3 heterocycles. The average molecular weight is 479 g/mol. The average Bonchev–Trinajstić information content (AvgIpc) is 3.38. The number of fused-ring (bicyclic) bond motifs is 2. The normalized spacial score (nSPS) is 13.8. The van der Waals surface area contributed by atoms with Gasteiger partial charge in [-0.05, 0) is 43.7 Å². The highest BCUT2D eigenvalue weighted by atomic mass is 32.1. The quantitative estimate of drug-likeness (QED) is 0.286. The van der Waals surface area contributed by atoms with Crippen LogP contribution in [-0.4, -0.2) is 33.8 Å². The first-order valence-corrected chi connectivity index (χ1v) is 12.4. The molecule has 2 aromatic carbocycles. The Balaban J connectivity index is 1.59. The number of aromatic nitrogens is 1. The topological polar surface area (TPSA) is 88.4 Å². The molecule has 168 valence electrons. The molecule has 0 spiro atoms. The predicted octanol–water partition coefficient (Wildman–Crippen LogP) is 5.87. The van der Waals surface area contributed by atoms with Crippen LogP contribution in [-0.2, 0) is 13.0 Å². The fourth-order valence-corrected chi connectivity index (χ4v) is 6.65. The van der Waals surface area contributed by atoms with Crippen LogP contribution in [0.1, 0.15) is 33.3 Å². The van der Waals surface area contributed by atoms with Crippen molar-refractivity contribution in [1.29, 1.82) is 0 Å². The Kier molecular flexibility index (Phi) is 5.69. The number of rotatable bonds is 5. The fourth-order valence-electron chi connectivity index (χ4n) is 4.26. The number of para-hydroxylation sites is 1. The summed E-state index contributed by atoms with van der Waals surface area (Å²) in [5.41, 5.74) is 3.78. The van der Waals surface area contributed by atoms with E-state index in [1.165, 1.54) is 16.5 Å². The van der Waals surface area contributed by atoms with Crippen molar-refractivity contribution in [2.75, 3.05) is 18.4 Å². The van der Waals surface area contributed by atoms with Crippen LogP contribution in [0.15, 0.2) is 42.5 Å². The lowest BCUT2D eigenvalue weighted by Crippen LogP contribution is -2.29. The van der Waals surface area contributed by atoms with E-state index in [-0.39, 0.29) is 11.6 Å². The molecule has 7 nitrogen and oxygen atoms in total. The van der Waals surface area contributed by atoms with Gasteiger partial charge in [0.25, 0.3) is 11.6 Å². The van der Waals surface area contributed by atoms with E-state index in [1.807, 2.05) is 18.2 Å². The molecular weight excluding hydrogens is 456 g/mol. The number of nitro groups is 1. The molecule has 0 fully saturated rings. The smallest absolute Gasteiger partial charge is 0.273 e. The number of likely N-dealkylation sites (N-methyl/N-ethyl adjacent to an activating group) is 1. The summed E-state index contributed by atoms with van der Waals surface area (Å²) >= 11 is 3.21. The van der Waals surface area contributed by atoms with Gasteiger partial charge in [-0.1, -0.05) is 25.1 Å². The number of anilines is 1. The number of hydrogen-bond donors (Lipinski definition) is 1. The van der Waals surface area contributed by atoms with Gasteiger partial charge in [-0.25, -0.2) is 4.98 Å². The molecule has 0 bridgehead atoms. The molecule has 1 aliphatic heterocycles. The van der Waals surface area contributed by atoms with Gasteiger partial charge in [-0.2, -0.15) is 0 Å². The predicted molar refractivity (Wildman–Crippen MR) is 133 cm³/mol. The second-order valence-corrected chi connectivity index (χ2v) is 10.1. The van der Waals surface area contributed by atoms with E-state index in [1.54, 1.807) is 41.7 Å². The summed E-state index contributed by atoms with van der Waals surface area (Å²) in [5, 5.41) is 16.1. The van der Waals surface area contributed by atoms with Crippen molar-refractivity contribution in [2.45, 2.75) is 26.8 Å². The van der Waals surface area contributed by atoms with Crippen molar-refractivity contribution >= 4 is 49.5 Å². The molecule has 1 N–H and O–H groups in total. The summed E-state index contributed by atoms with van der Waals surface area (Å²) in [6.45, 7) is 6.55. The SMILES string of the molecule is CCN1CCc2c(sc(NC(=O)c3cccc([N+](=O)[O-])c3C)c2-c2nc3ccccc3s2)C1. The third-order valence-electron chi connectivity index (χ3n) is 6.06. The van der Waals surface area contributed by atoms with Crippen LogP contribution in [0.4, 0.5) is 10.7 Å². The van der Waals surface area contributed by atoms with Crippen LogP contribution in [0.25, 0.3) is 20.8 Å². The van der Waals surface area contributed by atoms with Gasteiger partial charge in [-0.15, -0.1) is 22.7 Å². The molecule has 33 heavy (non-hydrogen) atoms. The highest BCUT2D eigenvalue weighted by molar-refractivity contribution is 7.23. The Labute approximate surface area is 198 Å². The molecule has 0 atom stereocenters. The summed E-state index contributed by atoms with van der Waals surface area (Å²) < 4.78 is 1.10. The van der Waals surface area contributed by atoms with Gasteiger partial charge >= 0.3 is 0 Å². The minimum atomic E-state index is -0.456. The zero-order valence-electron chi connectivity index (χ0n) is 18.3. The number of hydrogen-bond acceptors (Lipinski definition) is 7. The molecule has 5 rings (SSSR count). The van der Waals surface area contributed by atoms with Crippen molar-refractivity contribution in [3.8, 4) is 10.6 Å². The maximum Gasteiger partial charge on any atom is 0.273 e. The first-order valence-electron chi connectivity index (χ1n) is 10.7. The highest BCUT2D eigenvalue weighted by Crippen LogP contribution is 2.45. The van der Waals surface area contributed by atoms with Crippen LogP contribution < -0.4 is 5.32 Å². The second-order valence-electron chi connectivity index (χ2n) is 7.97. The van der Waals surface area contributed by atoms with Crippen LogP contribution in [0, 0.1) is 17.0 Å². The summed E-state index contributed by atoms with van der Waals surface area (Å²) in [6, 6.07) is 12.6. The standard InChI is InChI=1S/C24H22N4O3S2/c1-3-27-12-11-16-20(13-27)33-24(21(16)23-25-17-8-4-5-10-19(17)32-23)26-22(29)15-7-6-9-18(14(15)2)28(30)31/h4-10H,3,11-13H2,1-2H3,(H,26,29). The van der Waals surface area contributed by atoms with E-state index in [4.69, 9.17) is 4.98 Å². The van der Waals surface area contributed by atoms with E-state index < -0.39 is 4.92 Å². The molecule has 1 aliphatic rings. The van der Waals surface area contributed by atoms with Gasteiger partial charge in [0.2, 0.25) is 0 Å². The van der Waals surface area contributed by atoms with Gasteiger partial charge in [-0.3, -0.25) is 19.8 Å². The van der Waals surface area contributed by atoms with Gasteiger partial charge in [0, 0.05) is 40.7 Å². The lowest BCUT2D eigenvalue weighted by molar-refractivity contribution is -0.385. The maximum absolute atomic E-state index is 13.2. The number of nitrogens with zero attached hydrogens (tertiary/aromatic N) is 3. The zero-order chi connectivity index (χ0) is 23.1. The first-order chi connectivity index (χ1) is 16.0. The molecule has 0 radical (unpaired) electrons. The van der Waals surface area contributed by atoms with Gasteiger partial charge in [0.05, 0.1) is 15.1 Å². The van der Waals surface area contributed by atoms with E-state index >= 15 is 0 Å². The van der Waals surface area contributed by atoms with Crippen molar-refractivity contribution in [1.82, 2.24) is 9.88 Å². The van der Waals surface area contributed by atoms with Gasteiger partial charge < -0.3 is 5.32 Å². The maximum atomic E-state index is 13.2. The summed E-state index contributed by atoms with van der Waals surface area (Å²) in [7, 11) is 0. The number of nitrogens with one attached hydrogen (secondary N) is 1. The molecule has 0 aliphatic carbocycles. The lowest BCUT2D eigenvalue weighted by atomic mass is 10.0. The number of benzene rings is 2. The van der Waals surface area contributed by atoms with Crippen LogP contribution in [0.3, 0.4) is 0 Å². The number of nitro benzene ring substituents is 1. The number of thiophene rings is 1. The lowest BCUT2D eigenvalue weighted by Gasteiger charge is -2.25. The van der Waals surface area contributed by atoms with E-state index in [0.717, 1.165) is 51.8 Å². The van der Waals surface area contributed by atoms with Crippen LogP contribution in [0.2, 0.25) is 0 Å². The summed E-state index contributed by atoms with van der Waals surface area (Å²) in [5.74, 6) is -0.343. The van der Waals surface area contributed by atoms with Crippen LogP contribution >= 0.6 is 22.7 Å². The largest absolute Gasteiger partial charge is 0.313 e. The Morgan fingerprint density at radius 1 is 1.21 bits per heavy atom. The number of thiazole rings is 1. The minimum Gasteiger partial charge on any atom is -0.313 e. The summed E-state index contributed by atoms with van der Waals surface area (Å²) in [4.78, 5) is 32.6. The number of amides is 1. The number of carbonyl (C=O) groups excluding carboxylic acids is 1. The van der Waals surface area contributed by atoms with E-state index in [2.05, 4.69) is 23.2 Å². The Hall–Kier alpha value is -3.14. The van der Waals surface area contributed by atoms with Gasteiger partial charge in [0.15, 0.2) is 0 Å². The molecule has 0 saturated carbocycles.